The number of hydrogen-bond donors (Lipinski definition) is 1. The van der Waals surface area contributed by atoms with Crippen molar-refractivity contribution >= 4 is 29.3 Å². The number of amides is 1. The van der Waals surface area contributed by atoms with Crippen LogP contribution in [0.4, 0.5) is 5.69 Å². The summed E-state index contributed by atoms with van der Waals surface area (Å²) in [4.78, 5) is 32.5. The molecule has 162 valence electrons. The average Bonchev–Trinajstić information content (AvgIpc) is 3.15. The standard InChI is InChI=1S/C22H18N4O6/c1-13-9-20-24-22(27)16(21(23)25(20)32-13)10-14-7-8-18(19(11-14)30-2)31-12-15-5-3-4-6-17(15)26(28)29/h3-11,23H,12H2,1-2H3/b16-10-,23-21?. The second kappa shape index (κ2) is 8.34. The summed E-state index contributed by atoms with van der Waals surface area (Å²) in [7, 11) is 1.46. The zero-order valence-corrected chi connectivity index (χ0v) is 17.2. The Balaban J connectivity index is 1.56. The van der Waals surface area contributed by atoms with Crippen LogP contribution in [0.15, 0.2) is 64.9 Å². The first kappa shape index (κ1) is 20.8. The number of nitrogens with zero attached hydrogens (tertiary/aromatic N) is 3. The van der Waals surface area contributed by atoms with E-state index in [0.717, 1.165) is 0 Å². The SMILES string of the molecule is COc1cc(/C=C2/C(=N)N3OC(C)=CC3=NC2=O)ccc1OCc1ccccc1[N+](=O)[O-]. The normalized spacial score (nSPS) is 16.3. The monoisotopic (exact) mass is 434 g/mol. The first-order valence-electron chi connectivity index (χ1n) is 9.50. The Bertz CT molecular complexity index is 1230. The number of hydrogen-bond acceptors (Lipinski definition) is 7. The fourth-order valence-electron chi connectivity index (χ4n) is 3.23. The van der Waals surface area contributed by atoms with Crippen LogP contribution in [0.5, 0.6) is 11.5 Å². The van der Waals surface area contributed by atoms with E-state index in [0.29, 0.717) is 28.4 Å². The first-order valence-corrected chi connectivity index (χ1v) is 9.50. The number of allylic oxidation sites excluding steroid dienone is 1. The lowest BCUT2D eigenvalue weighted by Crippen LogP contribution is -2.38. The number of fused-ring (bicyclic) bond motifs is 1. The maximum atomic E-state index is 12.4. The van der Waals surface area contributed by atoms with Crippen LogP contribution >= 0.6 is 0 Å². The van der Waals surface area contributed by atoms with E-state index in [1.165, 1.54) is 24.3 Å². The van der Waals surface area contributed by atoms with E-state index in [9.17, 15) is 14.9 Å². The van der Waals surface area contributed by atoms with Gasteiger partial charge in [-0.2, -0.15) is 4.99 Å². The van der Waals surface area contributed by atoms with Crippen LogP contribution in [0.3, 0.4) is 0 Å². The van der Waals surface area contributed by atoms with E-state index in [2.05, 4.69) is 4.99 Å². The van der Waals surface area contributed by atoms with Gasteiger partial charge in [-0.1, -0.05) is 18.2 Å². The molecule has 4 rings (SSSR count). The molecule has 2 heterocycles. The van der Waals surface area contributed by atoms with E-state index in [1.54, 1.807) is 49.4 Å². The third-order valence-corrected chi connectivity index (χ3v) is 4.75. The second-order valence-electron chi connectivity index (χ2n) is 6.91. The molecule has 0 aliphatic carbocycles. The minimum atomic E-state index is -0.550. The number of rotatable bonds is 6. The van der Waals surface area contributed by atoms with Crippen molar-refractivity contribution in [2.24, 2.45) is 4.99 Å². The van der Waals surface area contributed by atoms with Crippen LogP contribution in [0.25, 0.3) is 6.08 Å². The summed E-state index contributed by atoms with van der Waals surface area (Å²) in [5.74, 6) is 0.873. The number of carbonyl (C=O) groups excluding carboxylic acids is 1. The Morgan fingerprint density at radius 3 is 2.78 bits per heavy atom. The Morgan fingerprint density at radius 2 is 2.03 bits per heavy atom. The van der Waals surface area contributed by atoms with Crippen molar-refractivity contribution in [3.8, 4) is 11.5 Å². The summed E-state index contributed by atoms with van der Waals surface area (Å²) >= 11 is 0. The molecule has 0 atom stereocenters. The highest BCUT2D eigenvalue weighted by molar-refractivity contribution is 6.32. The van der Waals surface area contributed by atoms with E-state index in [4.69, 9.17) is 19.7 Å². The smallest absolute Gasteiger partial charge is 0.282 e. The molecule has 0 saturated heterocycles. The zero-order chi connectivity index (χ0) is 22.8. The minimum Gasteiger partial charge on any atom is -0.493 e. The fraction of sp³-hybridized carbons (Fsp3) is 0.136. The van der Waals surface area contributed by atoms with Gasteiger partial charge in [0.25, 0.3) is 11.6 Å². The molecule has 2 aromatic rings. The van der Waals surface area contributed by atoms with Crippen LogP contribution in [0.1, 0.15) is 18.1 Å². The predicted molar refractivity (Wildman–Crippen MR) is 115 cm³/mol. The van der Waals surface area contributed by atoms with Gasteiger partial charge in [-0.25, -0.2) is 0 Å². The lowest BCUT2D eigenvalue weighted by Gasteiger charge is -2.23. The first-order chi connectivity index (χ1) is 15.4. The van der Waals surface area contributed by atoms with Gasteiger partial charge in [0.15, 0.2) is 23.2 Å². The van der Waals surface area contributed by atoms with Crippen LogP contribution < -0.4 is 9.47 Å². The fourth-order valence-corrected chi connectivity index (χ4v) is 3.23. The summed E-state index contributed by atoms with van der Waals surface area (Å²) in [6, 6.07) is 11.3. The summed E-state index contributed by atoms with van der Waals surface area (Å²) in [6.07, 6.45) is 3.09. The van der Waals surface area contributed by atoms with E-state index in [1.807, 2.05) is 0 Å². The number of ether oxygens (including phenoxy) is 2. The van der Waals surface area contributed by atoms with Crippen molar-refractivity contribution in [1.29, 1.82) is 5.41 Å². The minimum absolute atomic E-state index is 0.0206. The van der Waals surface area contributed by atoms with Gasteiger partial charge in [0.05, 0.1) is 23.2 Å². The number of benzene rings is 2. The topological polar surface area (TPSA) is 127 Å². The maximum absolute atomic E-state index is 12.4. The van der Waals surface area contributed by atoms with Crippen molar-refractivity contribution in [3.05, 3.63) is 81.1 Å². The number of amidine groups is 2. The van der Waals surface area contributed by atoms with Crippen molar-refractivity contribution in [3.63, 3.8) is 0 Å². The maximum Gasteiger partial charge on any atom is 0.282 e. The van der Waals surface area contributed by atoms with Crippen LogP contribution in [0, 0.1) is 15.5 Å². The van der Waals surface area contributed by atoms with E-state index < -0.39 is 10.8 Å². The van der Waals surface area contributed by atoms with Gasteiger partial charge in [-0.05, 0) is 36.8 Å². The van der Waals surface area contributed by atoms with Crippen molar-refractivity contribution in [1.82, 2.24) is 5.06 Å². The number of nitro benzene ring substituents is 1. The summed E-state index contributed by atoms with van der Waals surface area (Å²) in [5.41, 5.74) is 1.04. The van der Waals surface area contributed by atoms with Gasteiger partial charge in [-0.3, -0.25) is 20.3 Å². The molecule has 0 spiro atoms. The quantitative estimate of drug-likeness (QED) is 0.418. The number of para-hydroxylation sites is 1. The van der Waals surface area contributed by atoms with Gasteiger partial charge >= 0.3 is 0 Å². The lowest BCUT2D eigenvalue weighted by atomic mass is 10.1. The Labute approximate surface area is 182 Å². The molecule has 2 aliphatic rings. The number of hydroxylamine groups is 2. The van der Waals surface area contributed by atoms with Gasteiger partial charge in [0.1, 0.15) is 12.4 Å². The molecule has 32 heavy (non-hydrogen) atoms. The number of nitrogens with one attached hydrogen (secondary N) is 1. The predicted octanol–water partition coefficient (Wildman–Crippen LogP) is 3.63. The molecule has 0 saturated carbocycles. The molecule has 0 unspecified atom stereocenters. The Morgan fingerprint density at radius 1 is 1.25 bits per heavy atom. The van der Waals surface area contributed by atoms with Gasteiger partial charge < -0.3 is 14.3 Å². The number of carbonyl (C=O) groups is 1. The summed E-state index contributed by atoms with van der Waals surface area (Å²) in [5, 5.41) is 20.7. The summed E-state index contributed by atoms with van der Waals surface area (Å²) in [6.45, 7) is 1.68. The number of methoxy groups -OCH3 is 1. The summed E-state index contributed by atoms with van der Waals surface area (Å²) < 4.78 is 11.1. The number of aliphatic imine (C=N–C) groups is 1. The van der Waals surface area contributed by atoms with Crippen molar-refractivity contribution in [2.45, 2.75) is 13.5 Å². The molecule has 0 aromatic heterocycles. The molecule has 10 heteroatoms. The molecular weight excluding hydrogens is 416 g/mol. The van der Waals surface area contributed by atoms with Crippen LogP contribution in [-0.4, -0.2) is 34.7 Å². The molecule has 1 amide bonds. The zero-order valence-electron chi connectivity index (χ0n) is 17.2. The Kier molecular flexibility index (Phi) is 5.42. The van der Waals surface area contributed by atoms with E-state index >= 15 is 0 Å². The molecule has 10 nitrogen and oxygen atoms in total. The molecular formula is C22H18N4O6. The van der Waals surface area contributed by atoms with Gasteiger partial charge in [0, 0.05) is 12.1 Å². The molecule has 0 radical (unpaired) electrons. The third-order valence-electron chi connectivity index (χ3n) is 4.75. The molecule has 0 fully saturated rings. The van der Waals surface area contributed by atoms with Crippen molar-refractivity contribution < 1.29 is 24.0 Å². The van der Waals surface area contributed by atoms with Crippen LogP contribution in [0.2, 0.25) is 0 Å². The molecule has 2 aliphatic heterocycles. The highest BCUT2D eigenvalue weighted by Crippen LogP contribution is 2.31. The van der Waals surface area contributed by atoms with E-state index in [-0.39, 0.29) is 29.5 Å². The molecule has 1 N–H and O–H groups in total. The second-order valence-corrected chi connectivity index (χ2v) is 6.91. The number of nitro groups is 1. The van der Waals surface area contributed by atoms with Crippen LogP contribution in [-0.2, 0) is 16.2 Å². The van der Waals surface area contributed by atoms with Gasteiger partial charge in [0.2, 0.25) is 0 Å². The molecule has 0 bridgehead atoms. The Hall–Kier alpha value is -4.47. The molecule has 2 aromatic carbocycles. The van der Waals surface area contributed by atoms with Crippen molar-refractivity contribution in [2.75, 3.05) is 7.11 Å². The highest BCUT2D eigenvalue weighted by atomic mass is 16.7. The average molecular weight is 434 g/mol. The third kappa shape index (κ3) is 3.93. The highest BCUT2D eigenvalue weighted by Gasteiger charge is 2.34. The largest absolute Gasteiger partial charge is 0.493 e. The van der Waals surface area contributed by atoms with Gasteiger partial charge in [-0.15, -0.1) is 5.06 Å². The lowest BCUT2D eigenvalue weighted by molar-refractivity contribution is -0.385.